The molecule has 1 aromatic heterocycles. The molecule has 4 rings (SSSR count). The van der Waals surface area contributed by atoms with Gasteiger partial charge in [-0.1, -0.05) is 54.1 Å². The summed E-state index contributed by atoms with van der Waals surface area (Å²) in [5, 5.41) is 11.6. The number of methoxy groups -OCH3 is 1. The number of benzene rings is 2. The lowest BCUT2D eigenvalue weighted by Gasteiger charge is -2.31. The Bertz CT molecular complexity index is 1680. The van der Waals surface area contributed by atoms with Crippen LogP contribution in [0.2, 0.25) is 0 Å². The van der Waals surface area contributed by atoms with E-state index in [0.717, 1.165) is 23.1 Å². The molecule has 11 heteroatoms. The second-order valence-corrected chi connectivity index (χ2v) is 11.9. The van der Waals surface area contributed by atoms with Crippen molar-refractivity contribution in [3.63, 3.8) is 0 Å². The van der Waals surface area contributed by atoms with Gasteiger partial charge in [-0.15, -0.1) is 0 Å². The Labute approximate surface area is 281 Å². The summed E-state index contributed by atoms with van der Waals surface area (Å²) in [6, 6.07) is 18.4. The summed E-state index contributed by atoms with van der Waals surface area (Å²) >= 11 is 0. The first-order valence-electron chi connectivity index (χ1n) is 15.7. The summed E-state index contributed by atoms with van der Waals surface area (Å²) in [4.78, 5) is 48.8. The monoisotopic (exact) mass is 654 g/mol. The number of nitro benzene ring substituents is 1. The number of esters is 2. The largest absolute Gasteiger partial charge is 0.463 e. The van der Waals surface area contributed by atoms with E-state index in [0.29, 0.717) is 30.1 Å². The summed E-state index contributed by atoms with van der Waals surface area (Å²) < 4.78 is 16.2. The van der Waals surface area contributed by atoms with Crippen molar-refractivity contribution < 1.29 is 28.7 Å². The Kier molecular flexibility index (Phi) is 12.9. The lowest BCUT2D eigenvalue weighted by molar-refractivity contribution is -0.384. The molecule has 0 amide bonds. The molecular weight excluding hydrogens is 612 g/mol. The van der Waals surface area contributed by atoms with Crippen molar-refractivity contribution in [2.24, 2.45) is 10.9 Å². The number of allylic oxidation sites excluding steroid dienone is 1. The zero-order chi connectivity index (χ0) is 34.6. The maximum absolute atomic E-state index is 13.6. The van der Waals surface area contributed by atoms with Crippen molar-refractivity contribution in [3.8, 4) is 0 Å². The van der Waals surface area contributed by atoms with Crippen molar-refractivity contribution in [2.45, 2.75) is 33.1 Å². The van der Waals surface area contributed by atoms with Crippen LogP contribution in [0.4, 0.5) is 5.69 Å². The third-order valence-electron chi connectivity index (χ3n) is 8.02. The van der Waals surface area contributed by atoms with E-state index in [4.69, 9.17) is 14.2 Å². The van der Waals surface area contributed by atoms with Gasteiger partial charge in [-0.3, -0.25) is 29.8 Å². The van der Waals surface area contributed by atoms with Crippen LogP contribution in [0.5, 0.6) is 0 Å². The van der Waals surface area contributed by atoms with Gasteiger partial charge >= 0.3 is 11.9 Å². The van der Waals surface area contributed by atoms with Crippen molar-refractivity contribution in [3.05, 3.63) is 122 Å². The van der Waals surface area contributed by atoms with E-state index >= 15 is 0 Å². The van der Waals surface area contributed by atoms with Gasteiger partial charge in [0.05, 0.1) is 17.1 Å². The number of hydrogen-bond acceptors (Lipinski definition) is 10. The average molecular weight is 655 g/mol. The number of rotatable bonds is 15. The molecule has 252 valence electrons. The van der Waals surface area contributed by atoms with Gasteiger partial charge in [0.15, 0.2) is 0 Å². The number of carbonyl (C=O) groups excluding carboxylic acids is 2. The van der Waals surface area contributed by atoms with Crippen LogP contribution in [0.3, 0.4) is 0 Å². The molecule has 1 aliphatic rings. The quantitative estimate of drug-likeness (QED) is 0.0863. The second-order valence-electron chi connectivity index (χ2n) is 11.9. The second kappa shape index (κ2) is 17.2. The Balaban J connectivity index is 1.41. The Morgan fingerprint density at radius 2 is 1.77 bits per heavy atom. The van der Waals surface area contributed by atoms with Crippen LogP contribution in [-0.4, -0.2) is 79.5 Å². The first kappa shape index (κ1) is 35.8. The minimum Gasteiger partial charge on any atom is -0.463 e. The summed E-state index contributed by atoms with van der Waals surface area (Å²) in [5.41, 5.74) is 5.86. The van der Waals surface area contributed by atoms with Crippen LogP contribution in [0.1, 0.15) is 48.9 Å². The molecule has 0 aliphatic carbocycles. The van der Waals surface area contributed by atoms with Gasteiger partial charge in [-0.2, -0.15) is 0 Å². The Hall–Kier alpha value is -5.00. The van der Waals surface area contributed by atoms with Crippen molar-refractivity contribution in [1.29, 1.82) is 0 Å². The number of nitrogens with zero attached hydrogens (tertiary/aromatic N) is 4. The summed E-state index contributed by atoms with van der Waals surface area (Å²) in [6.45, 7) is 6.82. The molecule has 0 fully saturated rings. The van der Waals surface area contributed by atoms with Gasteiger partial charge in [0.2, 0.25) is 0 Å². The van der Waals surface area contributed by atoms with E-state index in [1.807, 2.05) is 24.2 Å². The van der Waals surface area contributed by atoms with E-state index in [2.05, 4.69) is 53.3 Å². The van der Waals surface area contributed by atoms with Gasteiger partial charge in [-0.25, -0.2) is 4.79 Å². The Morgan fingerprint density at radius 3 is 2.46 bits per heavy atom. The summed E-state index contributed by atoms with van der Waals surface area (Å²) in [7, 11) is 3.44. The number of aromatic nitrogens is 1. The summed E-state index contributed by atoms with van der Waals surface area (Å²) in [5.74, 6) is -3.10. The molecular formula is C37H42N4O7. The first-order chi connectivity index (χ1) is 23.1. The van der Waals surface area contributed by atoms with Crippen molar-refractivity contribution in [2.75, 3.05) is 47.1 Å². The SMILES string of the molecule is COCCOC(=O)C1C(C)=NC(C)=C(C(=O)OCCN(C)CC(C)=Cc2ccc(Cc3cccnc3)cc2)C1c1cccc([N+](=O)[O-])c1. The minimum absolute atomic E-state index is 0.0148. The number of ether oxygens (including phenoxy) is 3. The maximum atomic E-state index is 13.6. The van der Waals surface area contributed by atoms with E-state index in [1.165, 1.54) is 30.9 Å². The molecule has 0 spiro atoms. The molecule has 11 nitrogen and oxygen atoms in total. The number of carbonyl (C=O) groups is 2. The van der Waals surface area contributed by atoms with Crippen molar-refractivity contribution >= 4 is 29.4 Å². The van der Waals surface area contributed by atoms with Crippen LogP contribution in [0.25, 0.3) is 6.08 Å². The highest BCUT2D eigenvalue weighted by molar-refractivity contribution is 6.07. The van der Waals surface area contributed by atoms with Gasteiger partial charge in [0, 0.05) is 62.1 Å². The molecule has 0 saturated carbocycles. The number of hydrogen-bond donors (Lipinski definition) is 0. The minimum atomic E-state index is -0.977. The van der Waals surface area contributed by atoms with Gasteiger partial charge in [-0.05, 0) is 62.6 Å². The molecule has 48 heavy (non-hydrogen) atoms. The maximum Gasteiger partial charge on any atom is 0.336 e. The number of aliphatic imine (C=N–C) groups is 1. The van der Waals surface area contributed by atoms with E-state index in [-0.39, 0.29) is 31.1 Å². The topological polar surface area (TPSA) is 133 Å². The predicted molar refractivity (Wildman–Crippen MR) is 184 cm³/mol. The highest BCUT2D eigenvalue weighted by atomic mass is 16.6. The number of non-ortho nitro benzene ring substituents is 1. The molecule has 2 atom stereocenters. The highest BCUT2D eigenvalue weighted by Gasteiger charge is 2.43. The van der Waals surface area contributed by atoms with Gasteiger partial charge < -0.3 is 14.2 Å². The fourth-order valence-electron chi connectivity index (χ4n) is 5.79. The molecule has 0 bridgehead atoms. The number of pyridine rings is 1. The molecule has 0 saturated heterocycles. The molecule has 2 heterocycles. The molecule has 0 N–H and O–H groups in total. The van der Waals surface area contributed by atoms with E-state index in [9.17, 15) is 19.7 Å². The normalized spacial score (nSPS) is 16.5. The van der Waals surface area contributed by atoms with Crippen LogP contribution < -0.4 is 0 Å². The zero-order valence-corrected chi connectivity index (χ0v) is 28.0. The van der Waals surface area contributed by atoms with Gasteiger partial charge in [0.1, 0.15) is 19.1 Å². The lowest BCUT2D eigenvalue weighted by Crippen LogP contribution is -2.37. The standard InChI is InChI=1S/C37H42N4O7/c1-25(20-28-11-13-29(14-12-28)21-30-8-7-15-38-23-30)24-40(4)16-17-47-36(42)33-26(2)39-27(3)34(37(43)48-19-18-46-5)35(33)31-9-6-10-32(22-31)41(44)45/h6-15,20,22-23,34-35H,16-19,21,24H2,1-5H3. The van der Waals surface area contributed by atoms with Crippen LogP contribution in [-0.2, 0) is 30.2 Å². The fourth-order valence-corrected chi connectivity index (χ4v) is 5.79. The van der Waals surface area contributed by atoms with Crippen LogP contribution >= 0.6 is 0 Å². The highest BCUT2D eigenvalue weighted by Crippen LogP contribution is 2.41. The van der Waals surface area contributed by atoms with E-state index < -0.39 is 28.7 Å². The average Bonchev–Trinajstić information content (AvgIpc) is 3.05. The zero-order valence-electron chi connectivity index (χ0n) is 28.0. The fraction of sp³-hybridized carbons (Fsp3) is 0.351. The number of nitro groups is 1. The van der Waals surface area contributed by atoms with Crippen LogP contribution in [0.15, 0.2) is 94.9 Å². The molecule has 2 aromatic carbocycles. The molecule has 3 aromatic rings. The van der Waals surface area contributed by atoms with Crippen molar-refractivity contribution in [1.82, 2.24) is 9.88 Å². The number of likely N-dealkylation sites (N-methyl/N-ethyl adjacent to an activating group) is 1. The predicted octanol–water partition coefficient (Wildman–Crippen LogP) is 5.80. The van der Waals surface area contributed by atoms with Gasteiger partial charge in [0.25, 0.3) is 5.69 Å². The third kappa shape index (κ3) is 9.76. The Morgan fingerprint density at radius 1 is 1.00 bits per heavy atom. The van der Waals surface area contributed by atoms with E-state index in [1.54, 1.807) is 26.1 Å². The first-order valence-corrected chi connectivity index (χ1v) is 15.7. The van der Waals surface area contributed by atoms with Crippen LogP contribution in [0, 0.1) is 16.0 Å². The molecule has 1 aliphatic heterocycles. The molecule has 0 radical (unpaired) electrons. The lowest BCUT2D eigenvalue weighted by atomic mass is 9.75. The third-order valence-corrected chi connectivity index (χ3v) is 8.02. The summed E-state index contributed by atoms with van der Waals surface area (Å²) in [6.07, 6.45) is 6.60. The molecule has 2 unspecified atom stereocenters. The smallest absolute Gasteiger partial charge is 0.336 e.